The molecule has 33 heavy (non-hydrogen) atoms. The number of aromatic nitrogens is 2. The van der Waals surface area contributed by atoms with Crippen LogP contribution < -0.4 is 0 Å². The van der Waals surface area contributed by atoms with Crippen molar-refractivity contribution >= 4 is 51.1 Å². The number of thiophene rings is 1. The highest BCUT2D eigenvalue weighted by Gasteiger charge is 2.34. The van der Waals surface area contributed by atoms with E-state index in [-0.39, 0.29) is 30.1 Å². The molecule has 3 heterocycles. The lowest BCUT2D eigenvalue weighted by Crippen LogP contribution is -2.29. The van der Waals surface area contributed by atoms with Gasteiger partial charge in [0.25, 0.3) is 11.8 Å². The maximum absolute atomic E-state index is 12.5. The smallest absolute Gasteiger partial charge is 0.316 e. The van der Waals surface area contributed by atoms with Crippen molar-refractivity contribution in [2.45, 2.75) is 38.3 Å². The Labute approximate surface area is 199 Å². The Morgan fingerprint density at radius 1 is 1.15 bits per heavy atom. The van der Waals surface area contributed by atoms with Crippen LogP contribution in [0.15, 0.2) is 35.4 Å². The fourth-order valence-corrected chi connectivity index (χ4v) is 5.09. The van der Waals surface area contributed by atoms with Crippen LogP contribution in [0.5, 0.6) is 0 Å². The summed E-state index contributed by atoms with van der Waals surface area (Å²) in [6.07, 6.45) is 0. The fraction of sp³-hybridized carbons (Fsp3) is 0.292. The molecule has 0 radical (unpaired) electrons. The molecule has 2 aromatic heterocycles. The summed E-state index contributed by atoms with van der Waals surface area (Å²) < 4.78 is 5.37. The lowest BCUT2D eigenvalue weighted by molar-refractivity contribution is -0.151. The molecule has 0 atom stereocenters. The van der Waals surface area contributed by atoms with Crippen LogP contribution in [0.4, 0.5) is 0 Å². The van der Waals surface area contributed by atoms with Crippen molar-refractivity contribution in [3.63, 3.8) is 0 Å². The first-order chi connectivity index (χ1) is 15.6. The van der Waals surface area contributed by atoms with Crippen LogP contribution in [0, 0.1) is 18.8 Å². The SMILES string of the molecule is Cc1nc(SCC(=O)OC(C)(C)C)c2cc(C#CCN3C(=O)c4ccccc4C3=O)sc2n1. The van der Waals surface area contributed by atoms with Crippen molar-refractivity contribution in [2.24, 2.45) is 0 Å². The summed E-state index contributed by atoms with van der Waals surface area (Å²) in [4.78, 5) is 48.6. The van der Waals surface area contributed by atoms with Crippen molar-refractivity contribution < 1.29 is 19.1 Å². The molecular formula is C24H21N3O4S2. The average molecular weight is 480 g/mol. The van der Waals surface area contributed by atoms with Gasteiger partial charge in [0.15, 0.2) is 0 Å². The minimum absolute atomic E-state index is 0.00551. The van der Waals surface area contributed by atoms with Gasteiger partial charge in [-0.1, -0.05) is 35.7 Å². The zero-order chi connectivity index (χ0) is 23.8. The number of imide groups is 1. The third-order valence-corrected chi connectivity index (χ3v) is 6.45. The number of aryl methyl sites for hydroxylation is 1. The van der Waals surface area contributed by atoms with Crippen molar-refractivity contribution in [1.29, 1.82) is 0 Å². The average Bonchev–Trinajstić information content (AvgIpc) is 3.25. The summed E-state index contributed by atoms with van der Waals surface area (Å²) in [6, 6.07) is 8.63. The first kappa shape index (κ1) is 23.0. The van der Waals surface area contributed by atoms with Crippen molar-refractivity contribution in [2.75, 3.05) is 12.3 Å². The van der Waals surface area contributed by atoms with Gasteiger partial charge in [0, 0.05) is 5.39 Å². The second-order valence-corrected chi connectivity index (χ2v) is 10.3. The number of nitrogens with zero attached hydrogens (tertiary/aromatic N) is 3. The number of ether oxygens (including phenoxy) is 1. The Morgan fingerprint density at radius 3 is 2.45 bits per heavy atom. The van der Waals surface area contributed by atoms with E-state index in [9.17, 15) is 14.4 Å². The molecule has 0 unspecified atom stereocenters. The van der Waals surface area contributed by atoms with Gasteiger partial charge in [-0.2, -0.15) is 0 Å². The van der Waals surface area contributed by atoms with Gasteiger partial charge in [-0.05, 0) is 45.9 Å². The van der Waals surface area contributed by atoms with Gasteiger partial charge in [0.2, 0.25) is 0 Å². The van der Waals surface area contributed by atoms with E-state index in [0.29, 0.717) is 22.0 Å². The summed E-state index contributed by atoms with van der Waals surface area (Å²) in [5.41, 5.74) is 0.270. The monoisotopic (exact) mass is 479 g/mol. The number of esters is 1. The zero-order valence-electron chi connectivity index (χ0n) is 18.6. The van der Waals surface area contributed by atoms with Crippen LogP contribution in [0.3, 0.4) is 0 Å². The second-order valence-electron chi connectivity index (χ2n) is 8.32. The van der Waals surface area contributed by atoms with E-state index in [1.807, 2.05) is 26.8 Å². The summed E-state index contributed by atoms with van der Waals surface area (Å²) >= 11 is 2.70. The lowest BCUT2D eigenvalue weighted by atomic mass is 10.1. The van der Waals surface area contributed by atoms with E-state index in [0.717, 1.165) is 20.0 Å². The molecule has 9 heteroatoms. The molecule has 0 saturated heterocycles. The first-order valence-electron chi connectivity index (χ1n) is 10.2. The van der Waals surface area contributed by atoms with Gasteiger partial charge in [0.1, 0.15) is 21.3 Å². The van der Waals surface area contributed by atoms with Gasteiger partial charge in [-0.15, -0.1) is 11.3 Å². The van der Waals surface area contributed by atoms with Crippen molar-refractivity contribution in [3.8, 4) is 11.8 Å². The molecule has 0 spiro atoms. The number of hydrogen-bond donors (Lipinski definition) is 0. The number of carbonyl (C=O) groups excluding carboxylic acids is 3. The van der Waals surface area contributed by atoms with E-state index >= 15 is 0 Å². The number of hydrogen-bond acceptors (Lipinski definition) is 8. The Kier molecular flexibility index (Phi) is 6.23. The molecule has 0 aliphatic carbocycles. The predicted octanol–water partition coefficient (Wildman–Crippen LogP) is 4.08. The van der Waals surface area contributed by atoms with E-state index in [1.165, 1.54) is 23.1 Å². The van der Waals surface area contributed by atoms with Gasteiger partial charge < -0.3 is 4.74 Å². The maximum atomic E-state index is 12.5. The first-order valence-corrected chi connectivity index (χ1v) is 12.0. The molecule has 7 nitrogen and oxygen atoms in total. The van der Waals surface area contributed by atoms with Crippen LogP contribution in [0.2, 0.25) is 0 Å². The van der Waals surface area contributed by atoms with Gasteiger partial charge in [-0.25, -0.2) is 9.97 Å². The second kappa shape index (κ2) is 8.96. The van der Waals surface area contributed by atoms with Gasteiger partial charge in [-0.3, -0.25) is 19.3 Å². The lowest BCUT2D eigenvalue weighted by Gasteiger charge is -2.19. The topological polar surface area (TPSA) is 89.5 Å². The summed E-state index contributed by atoms with van der Waals surface area (Å²) in [6.45, 7) is 7.28. The molecule has 1 aliphatic rings. The number of amides is 2. The number of carbonyl (C=O) groups is 3. The molecular weight excluding hydrogens is 458 g/mol. The Hall–Kier alpha value is -3.22. The molecule has 1 aromatic carbocycles. The third kappa shape index (κ3) is 5.07. The molecule has 3 aromatic rings. The molecule has 2 amide bonds. The molecule has 4 rings (SSSR count). The van der Waals surface area contributed by atoms with Crippen LogP contribution >= 0.6 is 23.1 Å². The van der Waals surface area contributed by atoms with Crippen LogP contribution in [-0.4, -0.2) is 50.6 Å². The number of rotatable bonds is 4. The summed E-state index contributed by atoms with van der Waals surface area (Å²) in [5.74, 6) is 5.72. The summed E-state index contributed by atoms with van der Waals surface area (Å²) in [5, 5.41) is 1.50. The highest BCUT2D eigenvalue weighted by atomic mass is 32.2. The van der Waals surface area contributed by atoms with Crippen molar-refractivity contribution in [1.82, 2.24) is 14.9 Å². The number of fused-ring (bicyclic) bond motifs is 2. The molecule has 0 fully saturated rings. The van der Waals surface area contributed by atoms with Gasteiger partial charge in [0.05, 0.1) is 28.3 Å². The van der Waals surface area contributed by atoms with Crippen molar-refractivity contribution in [3.05, 3.63) is 52.2 Å². The number of benzene rings is 1. The largest absolute Gasteiger partial charge is 0.459 e. The zero-order valence-corrected chi connectivity index (χ0v) is 20.2. The third-order valence-electron chi connectivity index (χ3n) is 4.54. The van der Waals surface area contributed by atoms with E-state index in [1.54, 1.807) is 31.2 Å². The molecule has 0 bridgehead atoms. The number of thioether (sulfide) groups is 1. The normalized spacial score (nSPS) is 13.2. The van der Waals surface area contributed by atoms with E-state index in [4.69, 9.17) is 4.74 Å². The summed E-state index contributed by atoms with van der Waals surface area (Å²) in [7, 11) is 0. The Balaban J connectivity index is 1.50. The highest BCUT2D eigenvalue weighted by molar-refractivity contribution is 8.00. The Morgan fingerprint density at radius 2 is 1.82 bits per heavy atom. The van der Waals surface area contributed by atoms with Crippen LogP contribution in [0.25, 0.3) is 10.2 Å². The highest BCUT2D eigenvalue weighted by Crippen LogP contribution is 2.31. The minimum Gasteiger partial charge on any atom is -0.459 e. The molecule has 0 saturated carbocycles. The quantitative estimate of drug-likeness (QED) is 0.183. The van der Waals surface area contributed by atoms with Crippen LogP contribution in [-0.2, 0) is 9.53 Å². The Bertz CT molecular complexity index is 1310. The van der Waals surface area contributed by atoms with E-state index in [2.05, 4.69) is 21.8 Å². The fourth-order valence-electron chi connectivity index (χ4n) is 3.26. The maximum Gasteiger partial charge on any atom is 0.316 e. The van der Waals surface area contributed by atoms with Crippen LogP contribution in [0.1, 0.15) is 52.2 Å². The molecule has 168 valence electrons. The minimum atomic E-state index is -0.542. The molecule has 1 aliphatic heterocycles. The van der Waals surface area contributed by atoms with E-state index < -0.39 is 5.60 Å². The molecule has 0 N–H and O–H groups in total. The standard InChI is InChI=1S/C24H21N3O4S2/c1-14-25-20(32-13-19(28)31-24(2,3)4)18-12-15(33-21(18)26-14)8-7-11-27-22(29)16-9-5-6-10-17(16)23(27)30/h5-6,9-10,12H,11,13H2,1-4H3. The predicted molar refractivity (Wildman–Crippen MR) is 127 cm³/mol. The van der Waals surface area contributed by atoms with Gasteiger partial charge >= 0.3 is 5.97 Å².